The van der Waals surface area contributed by atoms with E-state index in [0.29, 0.717) is 17.5 Å². The van der Waals surface area contributed by atoms with Gasteiger partial charge in [-0.05, 0) is 62.2 Å². The molecule has 1 aromatic heterocycles. The van der Waals surface area contributed by atoms with E-state index in [-0.39, 0.29) is 0 Å². The summed E-state index contributed by atoms with van der Waals surface area (Å²) in [5.41, 5.74) is 4.92. The Labute approximate surface area is 171 Å². The molecule has 3 nitrogen and oxygen atoms in total. The van der Waals surface area contributed by atoms with E-state index in [1.54, 1.807) is 0 Å². The zero-order chi connectivity index (χ0) is 19.7. The molecule has 0 aliphatic carbocycles. The third kappa shape index (κ3) is 3.59. The molecule has 1 fully saturated rings. The summed E-state index contributed by atoms with van der Waals surface area (Å²) in [5, 5.41) is 1.85. The van der Waals surface area contributed by atoms with E-state index in [2.05, 4.69) is 49.1 Å². The van der Waals surface area contributed by atoms with Crippen LogP contribution in [0.1, 0.15) is 26.3 Å². The molecule has 4 heteroatoms. The Bertz CT molecular complexity index is 1040. The minimum Gasteiger partial charge on any atom is -0.492 e. The molecule has 144 valence electrons. The first-order valence-electron chi connectivity index (χ1n) is 9.77. The number of fused-ring (bicyclic) bond motifs is 1. The molecule has 1 aliphatic heterocycles. The number of allylic oxidation sites excluding steroid dienone is 1. The van der Waals surface area contributed by atoms with Crippen molar-refractivity contribution in [3.63, 3.8) is 0 Å². The van der Waals surface area contributed by atoms with E-state index in [0.717, 1.165) is 35.7 Å². The first-order chi connectivity index (χ1) is 13.6. The highest BCUT2D eigenvalue weighted by atomic mass is 35.5. The second-order valence-electron chi connectivity index (χ2n) is 7.35. The average Bonchev–Trinajstić information content (AvgIpc) is 2.67. The molecule has 0 amide bonds. The molecule has 3 aromatic rings. The zero-order valence-corrected chi connectivity index (χ0v) is 17.3. The van der Waals surface area contributed by atoms with Gasteiger partial charge in [0.05, 0.1) is 17.1 Å². The quantitative estimate of drug-likeness (QED) is 0.515. The van der Waals surface area contributed by atoms with Gasteiger partial charge in [-0.1, -0.05) is 41.4 Å². The predicted molar refractivity (Wildman–Crippen MR) is 118 cm³/mol. The van der Waals surface area contributed by atoms with Crippen LogP contribution in [0.4, 0.5) is 5.82 Å². The number of aromatic nitrogens is 1. The van der Waals surface area contributed by atoms with Crippen molar-refractivity contribution in [2.24, 2.45) is 5.92 Å². The molecule has 0 saturated carbocycles. The fourth-order valence-corrected chi connectivity index (χ4v) is 3.95. The average molecular weight is 393 g/mol. The summed E-state index contributed by atoms with van der Waals surface area (Å²) in [6.07, 6.45) is 0. The highest BCUT2D eigenvalue weighted by Gasteiger charge is 2.30. The van der Waals surface area contributed by atoms with Crippen LogP contribution in [0.5, 0.6) is 5.75 Å². The van der Waals surface area contributed by atoms with Gasteiger partial charge in [-0.15, -0.1) is 0 Å². The van der Waals surface area contributed by atoms with Crippen molar-refractivity contribution in [2.45, 2.75) is 20.8 Å². The van der Waals surface area contributed by atoms with Gasteiger partial charge >= 0.3 is 0 Å². The van der Waals surface area contributed by atoms with Crippen molar-refractivity contribution in [1.29, 1.82) is 0 Å². The number of benzene rings is 2. The first-order valence-corrected chi connectivity index (χ1v) is 10.2. The summed E-state index contributed by atoms with van der Waals surface area (Å²) in [6, 6.07) is 18.6. The lowest BCUT2D eigenvalue weighted by Gasteiger charge is -2.41. The fraction of sp³-hybridized carbons (Fsp3) is 0.292. The van der Waals surface area contributed by atoms with Crippen LogP contribution in [-0.4, -0.2) is 24.7 Å². The Morgan fingerprint density at radius 1 is 1.11 bits per heavy atom. The SMILES string of the molecule is CCOc1ccc(C(C)=C(C)C2CN(c3ccc4ccccc4n3)C2)cc1Cl. The van der Waals surface area contributed by atoms with E-state index < -0.39 is 0 Å². The minimum absolute atomic E-state index is 0.540. The Morgan fingerprint density at radius 2 is 1.89 bits per heavy atom. The van der Waals surface area contributed by atoms with Crippen LogP contribution in [0.3, 0.4) is 0 Å². The molecule has 0 N–H and O–H groups in total. The number of hydrogen-bond acceptors (Lipinski definition) is 3. The maximum absolute atomic E-state index is 6.37. The maximum atomic E-state index is 6.37. The Kier molecular flexibility index (Phi) is 5.27. The Hall–Kier alpha value is -2.52. The van der Waals surface area contributed by atoms with E-state index in [9.17, 15) is 0 Å². The van der Waals surface area contributed by atoms with Gasteiger partial charge in [0.25, 0.3) is 0 Å². The van der Waals surface area contributed by atoms with Crippen LogP contribution in [0, 0.1) is 5.92 Å². The standard InChI is InChI=1S/C24H25ClN2O/c1-4-28-23-11-9-19(13-21(23)25)16(2)17(3)20-14-27(15-20)24-12-10-18-7-5-6-8-22(18)26-24/h5-13,20H,4,14-15H2,1-3H3. The summed E-state index contributed by atoms with van der Waals surface area (Å²) < 4.78 is 5.54. The molecular formula is C24H25ClN2O. The van der Waals surface area contributed by atoms with Gasteiger partial charge in [-0.25, -0.2) is 4.98 Å². The molecule has 0 bridgehead atoms. The number of hydrogen-bond donors (Lipinski definition) is 0. The van der Waals surface area contributed by atoms with E-state index in [4.69, 9.17) is 21.3 Å². The van der Waals surface area contributed by atoms with Crippen LogP contribution >= 0.6 is 11.6 Å². The molecule has 0 radical (unpaired) electrons. The Balaban J connectivity index is 1.48. The molecule has 2 heterocycles. The maximum Gasteiger partial charge on any atom is 0.137 e. The lowest BCUT2D eigenvalue weighted by molar-refractivity contribution is 0.340. The molecule has 0 spiro atoms. The first kappa shape index (κ1) is 18.8. The molecule has 28 heavy (non-hydrogen) atoms. The van der Waals surface area contributed by atoms with Crippen LogP contribution in [0.15, 0.2) is 60.2 Å². The molecule has 4 rings (SSSR count). The number of pyridine rings is 1. The van der Waals surface area contributed by atoms with Gasteiger partial charge in [-0.3, -0.25) is 0 Å². The largest absolute Gasteiger partial charge is 0.492 e. The predicted octanol–water partition coefficient (Wildman–Crippen LogP) is 6.22. The van der Waals surface area contributed by atoms with Gasteiger partial charge in [0.1, 0.15) is 11.6 Å². The molecule has 0 unspecified atom stereocenters. The number of anilines is 1. The monoisotopic (exact) mass is 392 g/mol. The van der Waals surface area contributed by atoms with E-state index in [1.807, 2.05) is 31.2 Å². The smallest absolute Gasteiger partial charge is 0.137 e. The van der Waals surface area contributed by atoms with Crippen molar-refractivity contribution in [2.75, 3.05) is 24.6 Å². The number of nitrogens with zero attached hydrogens (tertiary/aromatic N) is 2. The Morgan fingerprint density at radius 3 is 2.64 bits per heavy atom. The molecule has 2 aromatic carbocycles. The van der Waals surface area contributed by atoms with E-state index >= 15 is 0 Å². The number of ether oxygens (including phenoxy) is 1. The summed E-state index contributed by atoms with van der Waals surface area (Å²) in [4.78, 5) is 7.16. The van der Waals surface area contributed by atoms with Gasteiger partial charge in [0.2, 0.25) is 0 Å². The summed E-state index contributed by atoms with van der Waals surface area (Å²) in [6.45, 7) is 8.99. The number of para-hydroxylation sites is 1. The second kappa shape index (κ2) is 7.84. The lowest BCUT2D eigenvalue weighted by Crippen LogP contribution is -2.47. The molecule has 0 atom stereocenters. The molecule has 1 aliphatic rings. The van der Waals surface area contributed by atoms with Crippen LogP contribution < -0.4 is 9.64 Å². The third-order valence-electron chi connectivity index (χ3n) is 5.66. The summed E-state index contributed by atoms with van der Waals surface area (Å²) >= 11 is 6.37. The van der Waals surface area contributed by atoms with Crippen LogP contribution in [0.2, 0.25) is 5.02 Å². The van der Waals surface area contributed by atoms with E-state index in [1.165, 1.54) is 16.5 Å². The molecule has 1 saturated heterocycles. The van der Waals surface area contributed by atoms with Gasteiger partial charge in [0, 0.05) is 24.4 Å². The van der Waals surface area contributed by atoms with Crippen molar-refractivity contribution < 1.29 is 4.74 Å². The molecular weight excluding hydrogens is 368 g/mol. The normalized spacial score (nSPS) is 15.4. The van der Waals surface area contributed by atoms with Crippen molar-refractivity contribution >= 4 is 33.9 Å². The van der Waals surface area contributed by atoms with Gasteiger partial charge in [0.15, 0.2) is 0 Å². The minimum atomic E-state index is 0.540. The van der Waals surface area contributed by atoms with Gasteiger partial charge in [-0.2, -0.15) is 0 Å². The summed E-state index contributed by atoms with van der Waals surface area (Å²) in [5.74, 6) is 2.35. The topological polar surface area (TPSA) is 25.4 Å². The number of rotatable bonds is 5. The second-order valence-corrected chi connectivity index (χ2v) is 7.76. The summed E-state index contributed by atoms with van der Waals surface area (Å²) in [7, 11) is 0. The third-order valence-corrected chi connectivity index (χ3v) is 5.95. The van der Waals surface area contributed by atoms with Crippen LogP contribution in [-0.2, 0) is 0 Å². The van der Waals surface area contributed by atoms with Crippen molar-refractivity contribution in [3.8, 4) is 5.75 Å². The zero-order valence-electron chi connectivity index (χ0n) is 16.6. The van der Waals surface area contributed by atoms with Crippen LogP contribution in [0.25, 0.3) is 16.5 Å². The van der Waals surface area contributed by atoms with Crippen molar-refractivity contribution in [1.82, 2.24) is 4.98 Å². The fourth-order valence-electron chi connectivity index (χ4n) is 3.71. The number of halogens is 1. The van der Waals surface area contributed by atoms with Gasteiger partial charge < -0.3 is 9.64 Å². The highest BCUT2D eigenvalue weighted by molar-refractivity contribution is 6.32. The lowest BCUT2D eigenvalue weighted by atomic mass is 9.87. The highest BCUT2D eigenvalue weighted by Crippen LogP contribution is 2.35. The van der Waals surface area contributed by atoms with Crippen molar-refractivity contribution in [3.05, 3.63) is 70.8 Å².